The molecular formula is C13H18NO6P. The zero-order valence-electron chi connectivity index (χ0n) is 11.5. The first-order valence-corrected chi connectivity index (χ1v) is 7.94. The molecule has 0 saturated heterocycles. The van der Waals surface area contributed by atoms with Crippen LogP contribution in [0, 0.1) is 0 Å². The summed E-state index contributed by atoms with van der Waals surface area (Å²) in [6.07, 6.45) is -0.472. The maximum Gasteiger partial charge on any atom is 0.335 e. The van der Waals surface area contributed by atoms with Gasteiger partial charge in [0.25, 0.3) is 0 Å². The minimum atomic E-state index is -4.52. The van der Waals surface area contributed by atoms with Crippen molar-refractivity contribution in [2.45, 2.75) is 31.7 Å². The number of hydrogen-bond donors (Lipinski definition) is 3. The van der Waals surface area contributed by atoms with Crippen LogP contribution in [0.2, 0.25) is 0 Å². The van der Waals surface area contributed by atoms with Gasteiger partial charge in [-0.05, 0) is 12.5 Å². The smallest absolute Gasteiger partial charge is 0.335 e. The van der Waals surface area contributed by atoms with Crippen LogP contribution in [-0.2, 0) is 25.5 Å². The summed E-state index contributed by atoms with van der Waals surface area (Å²) in [7, 11) is -4.52. The van der Waals surface area contributed by atoms with Crippen LogP contribution in [0.3, 0.4) is 0 Å². The van der Waals surface area contributed by atoms with E-state index in [1.807, 2.05) is 6.07 Å². The summed E-state index contributed by atoms with van der Waals surface area (Å²) in [5.74, 6) is -1.56. The standard InChI is InChI=1S/C13H18NO6P/c1-9(21(17,18)19)12(15)7-11(14)13(16)20-8-10-5-3-2-4-6-10/h2-6,9,11H,7-8,14H2,1H3,(H2,17,18,19). The van der Waals surface area contributed by atoms with E-state index < -0.39 is 37.5 Å². The first kappa shape index (κ1) is 17.5. The molecule has 4 N–H and O–H groups in total. The molecule has 1 aromatic rings. The number of nitrogens with two attached hydrogens (primary N) is 1. The largest absolute Gasteiger partial charge is 0.460 e. The Balaban J connectivity index is 2.48. The number of hydrogen-bond acceptors (Lipinski definition) is 5. The van der Waals surface area contributed by atoms with Crippen molar-refractivity contribution in [3.8, 4) is 0 Å². The molecule has 0 aromatic heterocycles. The van der Waals surface area contributed by atoms with Gasteiger partial charge in [0, 0.05) is 6.42 Å². The van der Waals surface area contributed by atoms with Crippen LogP contribution >= 0.6 is 7.60 Å². The van der Waals surface area contributed by atoms with Crippen LogP contribution in [0.25, 0.3) is 0 Å². The van der Waals surface area contributed by atoms with Crippen molar-refractivity contribution in [1.82, 2.24) is 0 Å². The van der Waals surface area contributed by atoms with Crippen molar-refractivity contribution in [1.29, 1.82) is 0 Å². The molecule has 0 aliphatic carbocycles. The van der Waals surface area contributed by atoms with Crippen molar-refractivity contribution in [3.05, 3.63) is 35.9 Å². The topological polar surface area (TPSA) is 127 Å². The number of carbonyl (C=O) groups is 2. The van der Waals surface area contributed by atoms with E-state index in [-0.39, 0.29) is 6.61 Å². The van der Waals surface area contributed by atoms with Crippen molar-refractivity contribution in [2.24, 2.45) is 5.73 Å². The fraction of sp³-hybridized carbons (Fsp3) is 0.385. The number of rotatable bonds is 7. The van der Waals surface area contributed by atoms with E-state index in [4.69, 9.17) is 20.3 Å². The van der Waals surface area contributed by atoms with Crippen LogP contribution in [0.5, 0.6) is 0 Å². The van der Waals surface area contributed by atoms with Crippen LogP contribution in [0.4, 0.5) is 0 Å². The first-order valence-electron chi connectivity index (χ1n) is 6.26. The van der Waals surface area contributed by atoms with E-state index in [0.29, 0.717) is 0 Å². The van der Waals surface area contributed by atoms with Crippen molar-refractivity contribution >= 4 is 19.3 Å². The van der Waals surface area contributed by atoms with Gasteiger partial charge in [0.1, 0.15) is 24.1 Å². The highest BCUT2D eigenvalue weighted by molar-refractivity contribution is 7.53. The summed E-state index contributed by atoms with van der Waals surface area (Å²) in [6, 6.07) is 7.68. The number of carbonyl (C=O) groups excluding carboxylic acids is 2. The molecule has 116 valence electrons. The van der Waals surface area contributed by atoms with E-state index in [9.17, 15) is 14.2 Å². The molecule has 0 aliphatic rings. The number of ketones is 1. The first-order chi connectivity index (χ1) is 9.71. The number of benzene rings is 1. The Morgan fingerprint density at radius 1 is 1.29 bits per heavy atom. The summed E-state index contributed by atoms with van der Waals surface area (Å²) < 4.78 is 15.9. The van der Waals surface area contributed by atoms with E-state index >= 15 is 0 Å². The number of ether oxygens (including phenoxy) is 1. The minimum Gasteiger partial charge on any atom is -0.460 e. The highest BCUT2D eigenvalue weighted by atomic mass is 31.2. The average Bonchev–Trinajstić information content (AvgIpc) is 2.43. The second kappa shape index (κ2) is 7.47. The second-order valence-corrected chi connectivity index (χ2v) is 6.59. The maximum atomic E-state index is 11.6. The Morgan fingerprint density at radius 2 is 1.86 bits per heavy atom. The SMILES string of the molecule is CC(C(=O)CC(N)C(=O)OCc1ccccc1)P(=O)(O)O. The quantitative estimate of drug-likeness (QED) is 0.496. The monoisotopic (exact) mass is 315 g/mol. The fourth-order valence-electron chi connectivity index (χ4n) is 1.49. The van der Waals surface area contributed by atoms with Gasteiger partial charge < -0.3 is 20.3 Å². The molecule has 0 fully saturated rings. The molecule has 0 saturated carbocycles. The van der Waals surface area contributed by atoms with E-state index in [0.717, 1.165) is 12.5 Å². The Hall–Kier alpha value is -1.53. The maximum absolute atomic E-state index is 11.6. The molecule has 7 nitrogen and oxygen atoms in total. The van der Waals surface area contributed by atoms with Crippen molar-refractivity contribution in [2.75, 3.05) is 0 Å². The molecule has 0 heterocycles. The molecule has 0 aliphatic heterocycles. The molecule has 0 amide bonds. The summed E-state index contributed by atoms with van der Waals surface area (Å²) in [5, 5.41) is 0. The van der Waals surface area contributed by atoms with Gasteiger partial charge in [-0.3, -0.25) is 14.2 Å². The normalized spacial score (nSPS) is 14.3. The lowest BCUT2D eigenvalue weighted by molar-refractivity contribution is -0.147. The third-order valence-corrected chi connectivity index (χ3v) is 4.22. The van der Waals surface area contributed by atoms with Gasteiger partial charge in [-0.25, -0.2) is 0 Å². The summed E-state index contributed by atoms with van der Waals surface area (Å²) >= 11 is 0. The third kappa shape index (κ3) is 5.77. The molecule has 0 spiro atoms. The molecule has 2 atom stereocenters. The van der Waals surface area contributed by atoms with E-state index in [1.165, 1.54) is 0 Å². The van der Waals surface area contributed by atoms with Gasteiger partial charge >= 0.3 is 13.6 Å². The van der Waals surface area contributed by atoms with Gasteiger partial charge in [0.2, 0.25) is 0 Å². The number of Topliss-reactive ketones (excluding diaryl/α,β-unsaturated/α-hetero) is 1. The minimum absolute atomic E-state index is 0.0234. The van der Waals surface area contributed by atoms with Crippen LogP contribution in [0.1, 0.15) is 18.9 Å². The van der Waals surface area contributed by atoms with Crippen LogP contribution in [-0.4, -0.2) is 33.2 Å². The molecular weight excluding hydrogens is 297 g/mol. The molecule has 1 rings (SSSR count). The Morgan fingerprint density at radius 3 is 2.38 bits per heavy atom. The van der Waals surface area contributed by atoms with Gasteiger partial charge in [-0.2, -0.15) is 0 Å². The Kier molecular flexibility index (Phi) is 6.23. The molecule has 8 heteroatoms. The average molecular weight is 315 g/mol. The molecule has 1 aromatic carbocycles. The van der Waals surface area contributed by atoms with Gasteiger partial charge in [-0.15, -0.1) is 0 Å². The molecule has 2 unspecified atom stereocenters. The zero-order valence-corrected chi connectivity index (χ0v) is 12.4. The third-order valence-electron chi connectivity index (χ3n) is 2.92. The summed E-state index contributed by atoms with van der Waals surface area (Å²) in [4.78, 5) is 41.0. The predicted molar refractivity (Wildman–Crippen MR) is 75.3 cm³/mol. The Labute approximate surface area is 122 Å². The van der Waals surface area contributed by atoms with Gasteiger partial charge in [0.15, 0.2) is 0 Å². The summed E-state index contributed by atoms with van der Waals surface area (Å²) in [6.45, 7) is 1.13. The second-order valence-electron chi connectivity index (χ2n) is 4.64. The summed E-state index contributed by atoms with van der Waals surface area (Å²) in [5.41, 5.74) is 4.81. The van der Waals surface area contributed by atoms with Crippen molar-refractivity contribution in [3.63, 3.8) is 0 Å². The molecule has 0 bridgehead atoms. The molecule has 21 heavy (non-hydrogen) atoms. The predicted octanol–water partition coefficient (Wildman–Crippen LogP) is 0.582. The highest BCUT2D eigenvalue weighted by Gasteiger charge is 2.33. The lowest BCUT2D eigenvalue weighted by Gasteiger charge is -2.15. The zero-order chi connectivity index (χ0) is 16.0. The van der Waals surface area contributed by atoms with E-state index in [2.05, 4.69) is 0 Å². The van der Waals surface area contributed by atoms with E-state index in [1.54, 1.807) is 24.3 Å². The number of esters is 1. The lowest BCUT2D eigenvalue weighted by atomic mass is 10.1. The van der Waals surface area contributed by atoms with Crippen LogP contribution < -0.4 is 5.73 Å². The van der Waals surface area contributed by atoms with Crippen LogP contribution in [0.15, 0.2) is 30.3 Å². The highest BCUT2D eigenvalue weighted by Crippen LogP contribution is 2.41. The van der Waals surface area contributed by atoms with Gasteiger partial charge in [-0.1, -0.05) is 30.3 Å². The molecule has 0 radical (unpaired) electrons. The van der Waals surface area contributed by atoms with Gasteiger partial charge in [0.05, 0.1) is 0 Å². The lowest BCUT2D eigenvalue weighted by Crippen LogP contribution is -2.36. The van der Waals surface area contributed by atoms with Crippen molar-refractivity contribution < 1.29 is 28.7 Å². The fourth-order valence-corrected chi connectivity index (χ4v) is 1.97. The Bertz CT molecular complexity index is 541.